The third-order valence-electron chi connectivity index (χ3n) is 7.70. The van der Waals surface area contributed by atoms with Crippen LogP contribution in [0.15, 0.2) is 94.9 Å². The molecule has 3 aromatic carbocycles. The first kappa shape index (κ1) is 26.6. The van der Waals surface area contributed by atoms with Crippen molar-refractivity contribution in [2.75, 3.05) is 31.2 Å². The van der Waals surface area contributed by atoms with E-state index in [4.69, 9.17) is 16.3 Å². The van der Waals surface area contributed by atoms with E-state index in [2.05, 4.69) is 21.0 Å². The number of morpholine rings is 1. The zero-order chi connectivity index (χ0) is 29.5. The molecule has 9 nitrogen and oxygen atoms in total. The quantitative estimate of drug-likeness (QED) is 0.297. The predicted octanol–water partition coefficient (Wildman–Crippen LogP) is 5.32. The average molecular weight is 587 g/mol. The average Bonchev–Trinajstić information content (AvgIpc) is 3.04. The molecule has 0 saturated carbocycles. The number of hydrogen-bond donors (Lipinski definition) is 1. The summed E-state index contributed by atoms with van der Waals surface area (Å²) in [4.78, 5) is 40.8. The summed E-state index contributed by atoms with van der Waals surface area (Å²) in [6.45, 7) is 2.50. The largest absolute Gasteiger partial charge is 0.378 e. The van der Waals surface area contributed by atoms with E-state index < -0.39 is 11.2 Å². The standard InChI is InChI=1S/C33H23ClN6O3/c34-27-7-3-6-25(23-14-22(16-35)31(37-18-23)39-10-12-43-13-11-39)30(27)20-8-9-26-28(15-20)38-33(42)40(32(26)41)29-19-36-17-21-4-1-2-5-24(21)29/h1-9,14-15,17-19H,10-13H2,(H,38,42). The van der Waals surface area contributed by atoms with Gasteiger partial charge in [-0.05, 0) is 35.4 Å². The Hall–Kier alpha value is -5.30. The summed E-state index contributed by atoms with van der Waals surface area (Å²) in [5.74, 6) is 0.624. The maximum atomic E-state index is 13.7. The SMILES string of the molecule is N#Cc1cc(-c2cccc(Cl)c2-c2ccc3c(=O)n(-c4cncc5ccccc45)c(=O)[nH]c3c2)cnc1N1CCOCC1. The summed E-state index contributed by atoms with van der Waals surface area (Å²) in [5, 5.41) is 12.3. The summed E-state index contributed by atoms with van der Waals surface area (Å²) in [6.07, 6.45) is 4.95. The van der Waals surface area contributed by atoms with Crippen molar-refractivity contribution in [3.05, 3.63) is 117 Å². The number of aromatic nitrogens is 4. The number of ether oxygens (including phenoxy) is 1. The van der Waals surface area contributed by atoms with Crippen molar-refractivity contribution >= 4 is 39.1 Å². The van der Waals surface area contributed by atoms with Gasteiger partial charge in [0.05, 0.1) is 41.6 Å². The molecule has 0 radical (unpaired) electrons. The number of pyridine rings is 2. The fraction of sp³-hybridized carbons (Fsp3) is 0.121. The van der Waals surface area contributed by atoms with Crippen molar-refractivity contribution in [2.45, 2.75) is 0 Å². The van der Waals surface area contributed by atoms with E-state index >= 15 is 0 Å². The molecule has 1 aliphatic rings. The molecule has 1 saturated heterocycles. The summed E-state index contributed by atoms with van der Waals surface area (Å²) >= 11 is 6.76. The normalized spacial score (nSPS) is 13.3. The number of fused-ring (bicyclic) bond motifs is 2. The van der Waals surface area contributed by atoms with Crippen LogP contribution >= 0.6 is 11.6 Å². The fourth-order valence-corrected chi connectivity index (χ4v) is 5.93. The minimum absolute atomic E-state index is 0.341. The van der Waals surface area contributed by atoms with Crippen LogP contribution < -0.4 is 16.1 Å². The Kier molecular flexibility index (Phi) is 6.70. The van der Waals surface area contributed by atoms with Gasteiger partial charge in [-0.1, -0.05) is 54.1 Å². The Morgan fingerprint density at radius 1 is 0.907 bits per heavy atom. The Labute approximate surface area is 250 Å². The molecule has 7 rings (SSSR count). The minimum Gasteiger partial charge on any atom is -0.378 e. The smallest absolute Gasteiger partial charge is 0.333 e. The van der Waals surface area contributed by atoms with Gasteiger partial charge in [0.2, 0.25) is 0 Å². The minimum atomic E-state index is -0.575. The van der Waals surface area contributed by atoms with Gasteiger partial charge in [0.1, 0.15) is 11.9 Å². The summed E-state index contributed by atoms with van der Waals surface area (Å²) in [6, 6.07) is 22.3. The molecule has 43 heavy (non-hydrogen) atoms. The van der Waals surface area contributed by atoms with Crippen LogP contribution in [-0.2, 0) is 4.74 Å². The lowest BCUT2D eigenvalue weighted by Crippen LogP contribution is -2.37. The summed E-state index contributed by atoms with van der Waals surface area (Å²) in [5.41, 5.74) is 3.09. The van der Waals surface area contributed by atoms with Gasteiger partial charge in [-0.25, -0.2) is 14.3 Å². The van der Waals surface area contributed by atoms with Gasteiger partial charge in [0.25, 0.3) is 5.56 Å². The zero-order valence-corrected chi connectivity index (χ0v) is 23.5. The van der Waals surface area contributed by atoms with Crippen LogP contribution in [0, 0.1) is 11.3 Å². The lowest BCUT2D eigenvalue weighted by molar-refractivity contribution is 0.122. The Balaban J connectivity index is 1.35. The molecule has 1 aliphatic heterocycles. The van der Waals surface area contributed by atoms with Gasteiger partial charge < -0.3 is 14.6 Å². The first-order chi connectivity index (χ1) is 21.0. The second kappa shape index (κ2) is 10.8. The topological polar surface area (TPSA) is 117 Å². The summed E-state index contributed by atoms with van der Waals surface area (Å²) < 4.78 is 6.56. The van der Waals surface area contributed by atoms with E-state index in [0.29, 0.717) is 70.4 Å². The van der Waals surface area contributed by atoms with Crippen LogP contribution in [0.2, 0.25) is 5.02 Å². The molecule has 0 atom stereocenters. The van der Waals surface area contributed by atoms with Crippen molar-refractivity contribution in [3.63, 3.8) is 0 Å². The number of nitriles is 1. The molecule has 1 N–H and O–H groups in total. The number of halogens is 1. The van der Waals surface area contributed by atoms with Gasteiger partial charge in [-0.2, -0.15) is 5.26 Å². The van der Waals surface area contributed by atoms with E-state index in [1.807, 2.05) is 47.4 Å². The number of nitrogens with one attached hydrogen (secondary N) is 1. The lowest BCUT2D eigenvalue weighted by atomic mass is 9.94. The van der Waals surface area contributed by atoms with E-state index in [1.165, 1.54) is 6.20 Å². The molecular weight excluding hydrogens is 564 g/mol. The van der Waals surface area contributed by atoms with Crippen LogP contribution in [0.3, 0.4) is 0 Å². The molecule has 0 unspecified atom stereocenters. The van der Waals surface area contributed by atoms with E-state index in [0.717, 1.165) is 26.5 Å². The maximum Gasteiger partial charge on any atom is 0.333 e. The van der Waals surface area contributed by atoms with Gasteiger partial charge in [-0.15, -0.1) is 0 Å². The van der Waals surface area contributed by atoms with Crippen LogP contribution in [-0.4, -0.2) is 45.8 Å². The molecular formula is C33H23ClN6O3. The van der Waals surface area contributed by atoms with Crippen molar-refractivity contribution in [2.24, 2.45) is 0 Å². The molecule has 0 aliphatic carbocycles. The number of benzene rings is 3. The lowest BCUT2D eigenvalue weighted by Gasteiger charge is -2.28. The van der Waals surface area contributed by atoms with Gasteiger partial charge >= 0.3 is 5.69 Å². The molecule has 1 fully saturated rings. The van der Waals surface area contributed by atoms with Gasteiger partial charge in [-0.3, -0.25) is 9.78 Å². The third kappa shape index (κ3) is 4.63. The Morgan fingerprint density at radius 3 is 2.58 bits per heavy atom. The molecule has 6 aromatic rings. The molecule has 0 amide bonds. The van der Waals surface area contributed by atoms with Crippen LogP contribution in [0.1, 0.15) is 5.56 Å². The molecule has 3 aromatic heterocycles. The first-order valence-corrected chi connectivity index (χ1v) is 14.1. The molecule has 0 spiro atoms. The van der Waals surface area contributed by atoms with Crippen LogP contribution in [0.5, 0.6) is 0 Å². The predicted molar refractivity (Wildman–Crippen MR) is 167 cm³/mol. The highest BCUT2D eigenvalue weighted by Gasteiger charge is 2.20. The Morgan fingerprint density at radius 2 is 1.74 bits per heavy atom. The molecule has 0 bridgehead atoms. The van der Waals surface area contributed by atoms with E-state index in [1.54, 1.807) is 36.7 Å². The van der Waals surface area contributed by atoms with Gasteiger partial charge in [0.15, 0.2) is 0 Å². The number of hydrogen-bond acceptors (Lipinski definition) is 7. The van der Waals surface area contributed by atoms with Gasteiger partial charge in [0, 0.05) is 52.4 Å². The second-order valence-electron chi connectivity index (χ2n) is 10.2. The van der Waals surface area contributed by atoms with Crippen molar-refractivity contribution in [1.82, 2.24) is 19.5 Å². The number of anilines is 1. The number of rotatable bonds is 4. The van der Waals surface area contributed by atoms with E-state index in [-0.39, 0.29) is 0 Å². The highest BCUT2D eigenvalue weighted by Crippen LogP contribution is 2.39. The van der Waals surface area contributed by atoms with Crippen molar-refractivity contribution < 1.29 is 4.74 Å². The maximum absolute atomic E-state index is 13.7. The monoisotopic (exact) mass is 586 g/mol. The van der Waals surface area contributed by atoms with Crippen LogP contribution in [0.4, 0.5) is 5.82 Å². The summed E-state index contributed by atoms with van der Waals surface area (Å²) in [7, 11) is 0. The molecule has 10 heteroatoms. The van der Waals surface area contributed by atoms with Crippen molar-refractivity contribution in [1.29, 1.82) is 5.26 Å². The third-order valence-corrected chi connectivity index (χ3v) is 8.01. The van der Waals surface area contributed by atoms with Crippen molar-refractivity contribution in [3.8, 4) is 34.0 Å². The molecule has 210 valence electrons. The van der Waals surface area contributed by atoms with E-state index in [9.17, 15) is 14.9 Å². The number of nitrogens with zero attached hydrogens (tertiary/aromatic N) is 5. The second-order valence-corrected chi connectivity index (χ2v) is 10.6. The highest BCUT2D eigenvalue weighted by atomic mass is 35.5. The van der Waals surface area contributed by atoms with Crippen LogP contribution in [0.25, 0.3) is 49.6 Å². The zero-order valence-electron chi connectivity index (χ0n) is 22.8. The number of H-pyrrole nitrogens is 1. The Bertz CT molecular complexity index is 2210. The first-order valence-electron chi connectivity index (χ1n) is 13.7. The fourth-order valence-electron chi connectivity index (χ4n) is 5.64. The highest BCUT2D eigenvalue weighted by molar-refractivity contribution is 6.34. The number of aromatic amines is 1. The molecule has 4 heterocycles.